The zero-order valence-corrected chi connectivity index (χ0v) is 7.91. The lowest BCUT2D eigenvalue weighted by Crippen LogP contribution is -2.26. The third-order valence-electron chi connectivity index (χ3n) is 1.69. The third-order valence-corrected chi connectivity index (χ3v) is 1.69. The molecule has 1 aliphatic heterocycles. The number of rotatable bonds is 0. The van der Waals surface area contributed by atoms with E-state index in [-0.39, 0.29) is 0 Å². The van der Waals surface area contributed by atoms with Crippen molar-refractivity contribution in [2.75, 3.05) is 13.1 Å². The van der Waals surface area contributed by atoms with E-state index in [4.69, 9.17) is 0 Å². The minimum atomic E-state index is 0.677. The first-order valence-electron chi connectivity index (χ1n) is 4.56. The van der Waals surface area contributed by atoms with Gasteiger partial charge >= 0.3 is 0 Å². The summed E-state index contributed by atoms with van der Waals surface area (Å²) in [5, 5.41) is 3.31. The summed E-state index contributed by atoms with van der Waals surface area (Å²) in [6.45, 7) is 8.22. The molecule has 64 valence electrons. The van der Waals surface area contributed by atoms with Crippen LogP contribution in [-0.2, 0) is 0 Å². The molecule has 0 aliphatic carbocycles. The van der Waals surface area contributed by atoms with Crippen LogP contribution < -0.4 is 5.32 Å². The van der Waals surface area contributed by atoms with Crippen LogP contribution in [0.4, 0.5) is 0 Å². The lowest BCUT2D eigenvalue weighted by Gasteiger charge is -2.16. The van der Waals surface area contributed by atoms with Crippen molar-refractivity contribution in [3.05, 3.63) is 0 Å². The van der Waals surface area contributed by atoms with Gasteiger partial charge in [0.25, 0.3) is 0 Å². The fourth-order valence-electron chi connectivity index (χ4n) is 1.17. The molecule has 1 rings (SSSR count). The van der Waals surface area contributed by atoms with Crippen LogP contribution in [0.15, 0.2) is 0 Å². The van der Waals surface area contributed by atoms with Crippen LogP contribution >= 0.6 is 0 Å². The van der Waals surface area contributed by atoms with E-state index in [9.17, 15) is 0 Å². The van der Waals surface area contributed by atoms with Crippen molar-refractivity contribution < 1.29 is 0 Å². The average molecular weight is 153 g/mol. The summed E-state index contributed by atoms with van der Waals surface area (Å²) >= 11 is 0. The highest BCUT2D eigenvalue weighted by Crippen LogP contribution is 2.08. The molecule has 0 radical (unpaired) electrons. The van der Waals surface area contributed by atoms with Crippen LogP contribution in [0.25, 0.3) is 0 Å². The predicted octanol–water partition coefficient (Wildman–Crippen LogP) is 2.04. The Hall–Kier alpha value is -0.480. The van der Waals surface area contributed by atoms with Gasteiger partial charge in [0.2, 0.25) is 0 Å². The van der Waals surface area contributed by atoms with E-state index in [1.54, 1.807) is 0 Å². The van der Waals surface area contributed by atoms with E-state index in [1.165, 1.54) is 12.8 Å². The second-order valence-corrected chi connectivity index (χ2v) is 2.42. The molecule has 0 aromatic carbocycles. The van der Waals surface area contributed by atoms with Crippen LogP contribution in [0.2, 0.25) is 0 Å². The highest BCUT2D eigenvalue weighted by molar-refractivity contribution is 5.02. The standard InChI is InChI=1S/C8H13N.C2H6/c1-2-3-8-4-6-9-7-5-8;1-2/h8-9H,4-7H2,1H3;1-2H3. The molecule has 1 heteroatoms. The number of hydrogen-bond donors (Lipinski definition) is 1. The topological polar surface area (TPSA) is 12.0 Å². The Morgan fingerprint density at radius 2 is 1.73 bits per heavy atom. The first-order valence-corrected chi connectivity index (χ1v) is 4.56. The van der Waals surface area contributed by atoms with Gasteiger partial charge in [0.15, 0.2) is 0 Å². The molecule has 1 N–H and O–H groups in total. The van der Waals surface area contributed by atoms with E-state index < -0.39 is 0 Å². The zero-order chi connectivity index (χ0) is 8.53. The first kappa shape index (κ1) is 10.5. The molecular formula is C10H19N. The molecular weight excluding hydrogens is 134 g/mol. The van der Waals surface area contributed by atoms with Gasteiger partial charge < -0.3 is 5.32 Å². The maximum absolute atomic E-state index is 3.31. The smallest absolute Gasteiger partial charge is 0.0226 e. The fourth-order valence-corrected chi connectivity index (χ4v) is 1.17. The molecule has 0 unspecified atom stereocenters. The Balaban J connectivity index is 0.000000461. The molecule has 0 aromatic rings. The number of nitrogens with one attached hydrogen (secondary N) is 1. The molecule has 0 bridgehead atoms. The normalized spacial score (nSPS) is 17.4. The Kier molecular flexibility index (Phi) is 7.29. The molecule has 1 saturated heterocycles. The van der Waals surface area contributed by atoms with Gasteiger partial charge in [0, 0.05) is 5.92 Å². The van der Waals surface area contributed by atoms with Crippen molar-refractivity contribution in [3.8, 4) is 11.8 Å². The Morgan fingerprint density at radius 1 is 1.18 bits per heavy atom. The van der Waals surface area contributed by atoms with Crippen molar-refractivity contribution in [3.63, 3.8) is 0 Å². The minimum Gasteiger partial charge on any atom is -0.317 e. The van der Waals surface area contributed by atoms with Crippen LogP contribution in [0, 0.1) is 17.8 Å². The van der Waals surface area contributed by atoms with Gasteiger partial charge in [-0.15, -0.1) is 11.8 Å². The lowest BCUT2D eigenvalue weighted by atomic mass is 9.99. The van der Waals surface area contributed by atoms with Gasteiger partial charge in [-0.25, -0.2) is 0 Å². The van der Waals surface area contributed by atoms with E-state index >= 15 is 0 Å². The fraction of sp³-hybridized carbons (Fsp3) is 0.800. The van der Waals surface area contributed by atoms with Crippen molar-refractivity contribution in [2.45, 2.75) is 33.6 Å². The van der Waals surface area contributed by atoms with Crippen LogP contribution in [-0.4, -0.2) is 13.1 Å². The molecule has 0 amide bonds. The predicted molar refractivity (Wildman–Crippen MR) is 50.4 cm³/mol. The SMILES string of the molecule is CC.CC#CC1CCNCC1. The summed E-state index contributed by atoms with van der Waals surface area (Å²) in [5.74, 6) is 6.83. The van der Waals surface area contributed by atoms with E-state index in [2.05, 4.69) is 17.2 Å². The van der Waals surface area contributed by atoms with E-state index in [1.807, 2.05) is 20.8 Å². The number of piperidine rings is 1. The Labute approximate surface area is 70.6 Å². The monoisotopic (exact) mass is 153 g/mol. The summed E-state index contributed by atoms with van der Waals surface area (Å²) in [4.78, 5) is 0. The minimum absolute atomic E-state index is 0.677. The molecule has 1 nitrogen and oxygen atoms in total. The summed E-state index contributed by atoms with van der Waals surface area (Å²) < 4.78 is 0. The molecule has 1 aliphatic rings. The van der Waals surface area contributed by atoms with Gasteiger partial charge in [0.1, 0.15) is 0 Å². The molecule has 11 heavy (non-hydrogen) atoms. The van der Waals surface area contributed by atoms with Crippen molar-refractivity contribution in [2.24, 2.45) is 5.92 Å². The molecule has 1 heterocycles. The van der Waals surface area contributed by atoms with Gasteiger partial charge in [-0.2, -0.15) is 0 Å². The second-order valence-electron chi connectivity index (χ2n) is 2.42. The third kappa shape index (κ3) is 4.86. The van der Waals surface area contributed by atoms with Gasteiger partial charge in [0.05, 0.1) is 0 Å². The second kappa shape index (κ2) is 7.63. The molecule has 0 spiro atoms. The maximum Gasteiger partial charge on any atom is 0.0226 e. The number of hydrogen-bond acceptors (Lipinski definition) is 1. The lowest BCUT2D eigenvalue weighted by molar-refractivity contribution is 0.447. The summed E-state index contributed by atoms with van der Waals surface area (Å²) in [6.07, 6.45) is 2.47. The average Bonchev–Trinajstić information content (AvgIpc) is 2.11. The molecule has 0 atom stereocenters. The molecule has 0 saturated carbocycles. The van der Waals surface area contributed by atoms with Gasteiger partial charge in [-0.1, -0.05) is 13.8 Å². The molecule has 0 aromatic heterocycles. The van der Waals surface area contributed by atoms with Crippen LogP contribution in [0.5, 0.6) is 0 Å². The zero-order valence-electron chi connectivity index (χ0n) is 7.91. The van der Waals surface area contributed by atoms with Crippen LogP contribution in [0.3, 0.4) is 0 Å². The Bertz CT molecular complexity index is 124. The van der Waals surface area contributed by atoms with Crippen molar-refractivity contribution >= 4 is 0 Å². The van der Waals surface area contributed by atoms with Crippen molar-refractivity contribution in [1.29, 1.82) is 0 Å². The van der Waals surface area contributed by atoms with E-state index in [0.717, 1.165) is 13.1 Å². The highest BCUT2D eigenvalue weighted by atomic mass is 14.9. The largest absolute Gasteiger partial charge is 0.317 e. The maximum atomic E-state index is 3.31. The summed E-state index contributed by atoms with van der Waals surface area (Å²) in [6, 6.07) is 0. The Morgan fingerprint density at radius 3 is 2.18 bits per heavy atom. The first-order chi connectivity index (χ1) is 5.43. The van der Waals surface area contributed by atoms with E-state index in [0.29, 0.717) is 5.92 Å². The van der Waals surface area contributed by atoms with Crippen LogP contribution in [0.1, 0.15) is 33.6 Å². The van der Waals surface area contributed by atoms with Gasteiger partial charge in [-0.05, 0) is 32.9 Å². The molecule has 1 fully saturated rings. The van der Waals surface area contributed by atoms with Gasteiger partial charge in [-0.3, -0.25) is 0 Å². The summed E-state index contributed by atoms with van der Waals surface area (Å²) in [5.41, 5.74) is 0. The summed E-state index contributed by atoms with van der Waals surface area (Å²) in [7, 11) is 0. The quantitative estimate of drug-likeness (QED) is 0.525. The van der Waals surface area contributed by atoms with Crippen molar-refractivity contribution in [1.82, 2.24) is 5.32 Å². The highest BCUT2D eigenvalue weighted by Gasteiger charge is 2.08.